The number of hydrogen-bond donors (Lipinski definition) is 0. The minimum absolute atomic E-state index is 0.0204. The van der Waals surface area contributed by atoms with Gasteiger partial charge in [0.1, 0.15) is 0 Å². The third-order valence-electron chi connectivity index (χ3n) is 5.91. The molecular weight excluding hydrogens is 418 g/mol. The quantitative estimate of drug-likeness (QED) is 0.582. The van der Waals surface area contributed by atoms with E-state index >= 15 is 0 Å². The Morgan fingerprint density at radius 3 is 2.30 bits per heavy atom. The normalized spacial score (nSPS) is 17.4. The molecule has 8 heteroatoms. The minimum Gasteiger partial charge on any atom is -0.282 e. The number of hydrogen-bond acceptors (Lipinski definition) is 5. The summed E-state index contributed by atoms with van der Waals surface area (Å²) in [4.78, 5) is 15.0. The summed E-state index contributed by atoms with van der Waals surface area (Å²) >= 11 is 1.46. The van der Waals surface area contributed by atoms with Gasteiger partial charge in [0, 0.05) is 26.2 Å². The van der Waals surface area contributed by atoms with Crippen molar-refractivity contribution in [3.8, 4) is 0 Å². The maximum absolute atomic E-state index is 13.0. The van der Waals surface area contributed by atoms with Crippen LogP contribution in [0.3, 0.4) is 0 Å². The van der Waals surface area contributed by atoms with Gasteiger partial charge in [0.05, 0.1) is 21.7 Å². The highest BCUT2D eigenvalue weighted by Crippen LogP contribution is 2.23. The Labute approximate surface area is 181 Å². The fourth-order valence-electron chi connectivity index (χ4n) is 3.76. The Balaban J connectivity index is 1.42. The highest BCUT2D eigenvalue weighted by atomic mass is 32.2. The maximum Gasteiger partial charge on any atom is 0.269 e. The molecule has 0 aliphatic carbocycles. The van der Waals surface area contributed by atoms with Crippen LogP contribution >= 0.6 is 11.5 Å². The lowest BCUT2D eigenvalue weighted by Gasteiger charge is -2.33. The average Bonchev–Trinajstić information content (AvgIpc) is 3.09. The van der Waals surface area contributed by atoms with Gasteiger partial charge in [0.25, 0.3) is 5.56 Å². The van der Waals surface area contributed by atoms with E-state index in [2.05, 4.69) is 18.7 Å². The van der Waals surface area contributed by atoms with Crippen molar-refractivity contribution in [1.82, 2.24) is 13.2 Å². The van der Waals surface area contributed by atoms with Crippen molar-refractivity contribution >= 4 is 31.6 Å². The number of benzene rings is 2. The third-order valence-corrected chi connectivity index (χ3v) is 8.88. The van der Waals surface area contributed by atoms with Crippen molar-refractivity contribution in [2.75, 3.05) is 26.2 Å². The van der Waals surface area contributed by atoms with E-state index < -0.39 is 10.0 Å². The van der Waals surface area contributed by atoms with Crippen LogP contribution in [0.4, 0.5) is 0 Å². The van der Waals surface area contributed by atoms with Gasteiger partial charge in [-0.15, -0.1) is 0 Å². The molecule has 0 amide bonds. The Morgan fingerprint density at radius 2 is 1.67 bits per heavy atom. The Bertz CT molecular complexity index is 1170. The van der Waals surface area contributed by atoms with Gasteiger partial charge in [-0.05, 0) is 42.2 Å². The second kappa shape index (κ2) is 8.63. The van der Waals surface area contributed by atoms with Crippen LogP contribution in [-0.4, -0.2) is 47.8 Å². The van der Waals surface area contributed by atoms with E-state index in [1.54, 1.807) is 20.4 Å². The smallest absolute Gasteiger partial charge is 0.269 e. The maximum atomic E-state index is 13.0. The van der Waals surface area contributed by atoms with Gasteiger partial charge in [0.2, 0.25) is 10.0 Å². The first-order chi connectivity index (χ1) is 14.4. The number of piperazine rings is 1. The molecule has 6 nitrogen and oxygen atoms in total. The molecule has 1 aliphatic rings. The van der Waals surface area contributed by atoms with Crippen LogP contribution in [0.5, 0.6) is 0 Å². The number of sulfonamides is 1. The molecule has 0 saturated carbocycles. The highest BCUT2D eigenvalue weighted by Gasteiger charge is 2.29. The van der Waals surface area contributed by atoms with Crippen LogP contribution in [0.15, 0.2) is 58.2 Å². The highest BCUT2D eigenvalue weighted by molar-refractivity contribution is 7.89. The van der Waals surface area contributed by atoms with Crippen molar-refractivity contribution < 1.29 is 8.42 Å². The van der Waals surface area contributed by atoms with Gasteiger partial charge in [-0.2, -0.15) is 4.31 Å². The predicted octanol–water partition coefficient (Wildman–Crippen LogP) is 3.54. The third kappa shape index (κ3) is 4.09. The van der Waals surface area contributed by atoms with Crippen molar-refractivity contribution in [3.05, 3.63) is 64.4 Å². The zero-order chi connectivity index (χ0) is 21.3. The van der Waals surface area contributed by atoms with Crippen molar-refractivity contribution in [3.63, 3.8) is 0 Å². The summed E-state index contributed by atoms with van der Waals surface area (Å²) in [5.74, 6) is 0.419. The lowest BCUT2D eigenvalue weighted by molar-refractivity contribution is 0.156. The molecule has 4 rings (SSSR count). The zero-order valence-corrected chi connectivity index (χ0v) is 19.0. The molecule has 0 bridgehead atoms. The van der Waals surface area contributed by atoms with Gasteiger partial charge in [-0.25, -0.2) is 12.4 Å². The summed E-state index contributed by atoms with van der Waals surface area (Å²) in [5.41, 5.74) is 1.18. The summed E-state index contributed by atoms with van der Waals surface area (Å²) in [6.45, 7) is 6.82. The number of aromatic nitrogens is 1. The monoisotopic (exact) mass is 445 g/mol. The zero-order valence-electron chi connectivity index (χ0n) is 17.3. The second-order valence-electron chi connectivity index (χ2n) is 7.81. The molecule has 2 aromatic carbocycles. The Morgan fingerprint density at radius 1 is 1.00 bits per heavy atom. The molecule has 3 aromatic rings. The molecule has 0 spiro atoms. The van der Waals surface area contributed by atoms with Crippen LogP contribution in [0.25, 0.3) is 10.1 Å². The van der Waals surface area contributed by atoms with Crippen molar-refractivity contribution in [2.45, 2.75) is 37.8 Å². The second-order valence-corrected chi connectivity index (χ2v) is 10.8. The summed E-state index contributed by atoms with van der Waals surface area (Å²) < 4.78 is 30.3. The first-order valence-electron chi connectivity index (χ1n) is 10.3. The molecule has 160 valence electrons. The lowest BCUT2D eigenvalue weighted by Crippen LogP contribution is -2.49. The fourth-order valence-corrected chi connectivity index (χ4v) is 6.21. The first-order valence-corrected chi connectivity index (χ1v) is 12.5. The average molecular weight is 446 g/mol. The van der Waals surface area contributed by atoms with E-state index in [0.717, 1.165) is 22.1 Å². The van der Waals surface area contributed by atoms with Crippen LogP contribution in [0.2, 0.25) is 0 Å². The Kier molecular flexibility index (Phi) is 6.11. The largest absolute Gasteiger partial charge is 0.282 e. The van der Waals surface area contributed by atoms with Crippen molar-refractivity contribution in [2.24, 2.45) is 0 Å². The number of rotatable bonds is 6. The summed E-state index contributed by atoms with van der Waals surface area (Å²) in [6.07, 6.45) is 1.02. The van der Waals surface area contributed by atoms with E-state index in [9.17, 15) is 13.2 Å². The lowest BCUT2D eigenvalue weighted by atomic mass is 9.99. The van der Waals surface area contributed by atoms with Crippen LogP contribution in [0.1, 0.15) is 31.7 Å². The van der Waals surface area contributed by atoms with Crippen LogP contribution in [0, 0.1) is 0 Å². The first kappa shape index (κ1) is 21.2. The topological polar surface area (TPSA) is 62.6 Å². The van der Waals surface area contributed by atoms with Gasteiger partial charge < -0.3 is 0 Å². The molecule has 0 unspecified atom stereocenters. The van der Waals surface area contributed by atoms with Crippen molar-refractivity contribution in [1.29, 1.82) is 0 Å². The minimum atomic E-state index is -3.50. The molecule has 1 fully saturated rings. The van der Waals surface area contributed by atoms with E-state index in [1.165, 1.54) is 11.5 Å². The molecule has 30 heavy (non-hydrogen) atoms. The van der Waals surface area contributed by atoms with E-state index in [-0.39, 0.29) is 5.56 Å². The van der Waals surface area contributed by atoms with E-state index in [1.807, 2.05) is 36.4 Å². The summed E-state index contributed by atoms with van der Waals surface area (Å²) in [6, 6.07) is 14.9. The molecule has 0 N–H and O–H groups in total. The summed E-state index contributed by atoms with van der Waals surface area (Å²) in [5, 5.41) is 0.740. The molecule has 1 aliphatic heterocycles. The summed E-state index contributed by atoms with van der Waals surface area (Å²) in [7, 11) is -3.50. The van der Waals surface area contributed by atoms with Gasteiger partial charge in [-0.3, -0.25) is 9.69 Å². The van der Waals surface area contributed by atoms with Crippen LogP contribution < -0.4 is 5.56 Å². The molecule has 0 radical (unpaired) electrons. The Hall–Kier alpha value is -2.00. The van der Waals surface area contributed by atoms with Gasteiger partial charge in [-0.1, -0.05) is 49.6 Å². The van der Waals surface area contributed by atoms with Gasteiger partial charge in [0.15, 0.2) is 0 Å². The molecule has 1 saturated heterocycles. The van der Waals surface area contributed by atoms with E-state index in [4.69, 9.17) is 0 Å². The predicted molar refractivity (Wildman–Crippen MR) is 122 cm³/mol. The van der Waals surface area contributed by atoms with Crippen LogP contribution in [-0.2, 0) is 16.7 Å². The molecular formula is C22H27N3O3S2. The standard InChI is InChI=1S/C22H27N3O3S2/c1-3-17(2)18-8-10-19(11-9-18)30(27,28)24-14-12-23(13-15-24)16-25-22(26)20-6-4-5-7-21(20)29-25/h4-11,17H,3,12-16H2,1-2H3/t17-/m1/s1. The molecule has 1 atom stereocenters. The van der Waals surface area contributed by atoms with E-state index in [0.29, 0.717) is 43.7 Å². The molecule has 1 aromatic heterocycles. The SMILES string of the molecule is CC[C@@H](C)c1ccc(S(=O)(=O)N2CCN(Cn3sc4ccccc4c3=O)CC2)cc1. The van der Waals surface area contributed by atoms with Gasteiger partial charge >= 0.3 is 0 Å². The molecule has 2 heterocycles. The number of nitrogens with zero attached hydrogens (tertiary/aromatic N) is 3. The number of fused-ring (bicyclic) bond motifs is 1. The fraction of sp³-hybridized carbons (Fsp3) is 0.409.